The van der Waals surface area contributed by atoms with Crippen molar-refractivity contribution in [3.8, 4) is 0 Å². The van der Waals surface area contributed by atoms with Crippen LogP contribution in [-0.2, 0) is 38.2 Å². The number of aromatic nitrogens is 2. The predicted octanol–water partition coefficient (Wildman–Crippen LogP) is 2.93. The van der Waals surface area contributed by atoms with E-state index in [4.69, 9.17) is 4.74 Å². The fourth-order valence-corrected chi connectivity index (χ4v) is 5.48. The molecule has 1 amide bonds. The third-order valence-electron chi connectivity index (χ3n) is 5.87. The van der Waals surface area contributed by atoms with E-state index in [0.29, 0.717) is 31.9 Å². The van der Waals surface area contributed by atoms with Gasteiger partial charge in [-0.3, -0.25) is 4.79 Å². The van der Waals surface area contributed by atoms with Crippen LogP contribution in [0.5, 0.6) is 0 Å². The Bertz CT molecular complexity index is 1040. The molecule has 2 heterocycles. The SMILES string of the molecule is CCN(Cc1cnc(S(=O)(=O)Cc2ccccc2F)n1C[C@@H]1CCCO1)C(=O)C1CC1. The van der Waals surface area contributed by atoms with Crippen molar-refractivity contribution in [2.45, 2.75) is 62.7 Å². The van der Waals surface area contributed by atoms with E-state index in [2.05, 4.69) is 4.98 Å². The second kappa shape index (κ2) is 9.08. The smallest absolute Gasteiger partial charge is 0.228 e. The Balaban J connectivity index is 1.64. The summed E-state index contributed by atoms with van der Waals surface area (Å²) in [4.78, 5) is 18.6. The molecule has 0 N–H and O–H groups in total. The molecule has 0 radical (unpaired) electrons. The molecule has 0 unspecified atom stereocenters. The minimum atomic E-state index is -3.90. The zero-order valence-corrected chi connectivity index (χ0v) is 18.5. The lowest BCUT2D eigenvalue weighted by atomic mass is 10.2. The molecule has 1 aliphatic carbocycles. The van der Waals surface area contributed by atoms with E-state index in [1.807, 2.05) is 6.92 Å². The predicted molar refractivity (Wildman–Crippen MR) is 112 cm³/mol. The Hall–Kier alpha value is -2.26. The van der Waals surface area contributed by atoms with Crippen molar-refractivity contribution >= 4 is 15.7 Å². The molecule has 2 aromatic rings. The first-order valence-corrected chi connectivity index (χ1v) is 12.4. The van der Waals surface area contributed by atoms with Gasteiger partial charge in [-0.2, -0.15) is 0 Å². The molecule has 0 bridgehead atoms. The number of imidazole rings is 1. The molecule has 31 heavy (non-hydrogen) atoms. The van der Waals surface area contributed by atoms with Gasteiger partial charge in [0, 0.05) is 24.6 Å². The van der Waals surface area contributed by atoms with Gasteiger partial charge in [0.1, 0.15) is 5.82 Å². The van der Waals surface area contributed by atoms with E-state index in [-0.39, 0.29) is 28.6 Å². The van der Waals surface area contributed by atoms with Crippen LogP contribution in [-0.4, -0.2) is 48.0 Å². The highest BCUT2D eigenvalue weighted by Crippen LogP contribution is 2.32. The van der Waals surface area contributed by atoms with E-state index in [0.717, 1.165) is 25.7 Å². The van der Waals surface area contributed by atoms with Crippen LogP contribution in [0.3, 0.4) is 0 Å². The second-order valence-corrected chi connectivity index (χ2v) is 10.1. The fourth-order valence-electron chi connectivity index (χ4n) is 3.97. The van der Waals surface area contributed by atoms with Gasteiger partial charge in [0.25, 0.3) is 0 Å². The molecule has 1 aromatic carbocycles. The summed E-state index contributed by atoms with van der Waals surface area (Å²) in [5.41, 5.74) is 0.758. The number of amides is 1. The summed E-state index contributed by atoms with van der Waals surface area (Å²) in [6, 6.07) is 5.85. The van der Waals surface area contributed by atoms with Crippen molar-refractivity contribution in [3.05, 3.63) is 47.5 Å². The lowest BCUT2D eigenvalue weighted by Crippen LogP contribution is -2.33. The molecule has 2 aliphatic rings. The lowest BCUT2D eigenvalue weighted by molar-refractivity contribution is -0.133. The summed E-state index contributed by atoms with van der Waals surface area (Å²) in [7, 11) is -3.90. The van der Waals surface area contributed by atoms with E-state index < -0.39 is 21.4 Å². The van der Waals surface area contributed by atoms with Gasteiger partial charge in [-0.05, 0) is 38.7 Å². The summed E-state index contributed by atoms with van der Waals surface area (Å²) in [6.07, 6.45) is 4.99. The molecule has 168 valence electrons. The van der Waals surface area contributed by atoms with Gasteiger partial charge in [0.05, 0.1) is 36.8 Å². The minimum Gasteiger partial charge on any atom is -0.376 e. The van der Waals surface area contributed by atoms with Crippen molar-refractivity contribution in [2.24, 2.45) is 5.92 Å². The molecular formula is C22H28FN3O4S. The van der Waals surface area contributed by atoms with Crippen LogP contribution < -0.4 is 0 Å². The van der Waals surface area contributed by atoms with Crippen LogP contribution in [0.1, 0.15) is 43.9 Å². The minimum absolute atomic E-state index is 0.0822. The molecule has 1 saturated heterocycles. The molecule has 1 saturated carbocycles. The third-order valence-corrected chi connectivity index (χ3v) is 7.44. The highest BCUT2D eigenvalue weighted by molar-refractivity contribution is 7.90. The molecular weight excluding hydrogens is 421 g/mol. The quantitative estimate of drug-likeness (QED) is 0.588. The third kappa shape index (κ3) is 4.98. The maximum Gasteiger partial charge on any atom is 0.228 e. The molecule has 0 spiro atoms. The summed E-state index contributed by atoms with van der Waals surface area (Å²) in [5.74, 6) is -0.849. The lowest BCUT2D eigenvalue weighted by Gasteiger charge is -2.23. The van der Waals surface area contributed by atoms with Gasteiger partial charge >= 0.3 is 0 Å². The van der Waals surface area contributed by atoms with Crippen LogP contribution in [0.25, 0.3) is 0 Å². The maximum atomic E-state index is 14.1. The average Bonchev–Trinajstić information content (AvgIpc) is 3.32. The molecule has 1 atom stereocenters. The number of nitrogens with zero attached hydrogens (tertiary/aromatic N) is 3. The van der Waals surface area contributed by atoms with Gasteiger partial charge in [-0.1, -0.05) is 18.2 Å². The zero-order valence-electron chi connectivity index (χ0n) is 17.7. The number of halogens is 1. The Morgan fingerprint density at radius 3 is 2.71 bits per heavy atom. The van der Waals surface area contributed by atoms with Crippen molar-refractivity contribution in [1.29, 1.82) is 0 Å². The summed E-state index contributed by atoms with van der Waals surface area (Å²) in [6.45, 7) is 3.74. The number of hydrogen-bond acceptors (Lipinski definition) is 5. The van der Waals surface area contributed by atoms with Gasteiger partial charge in [0.2, 0.25) is 20.9 Å². The van der Waals surface area contributed by atoms with E-state index in [9.17, 15) is 17.6 Å². The number of ether oxygens (including phenoxy) is 1. The van der Waals surface area contributed by atoms with Crippen LogP contribution >= 0.6 is 0 Å². The molecule has 1 aromatic heterocycles. The number of hydrogen-bond donors (Lipinski definition) is 0. The average molecular weight is 450 g/mol. The highest BCUT2D eigenvalue weighted by Gasteiger charge is 2.34. The van der Waals surface area contributed by atoms with Crippen LogP contribution in [0.4, 0.5) is 4.39 Å². The van der Waals surface area contributed by atoms with Gasteiger partial charge in [-0.15, -0.1) is 0 Å². The van der Waals surface area contributed by atoms with Crippen LogP contribution in [0.2, 0.25) is 0 Å². The van der Waals surface area contributed by atoms with Gasteiger partial charge < -0.3 is 14.2 Å². The summed E-state index contributed by atoms with van der Waals surface area (Å²) in [5, 5.41) is -0.101. The zero-order chi connectivity index (χ0) is 22.0. The Morgan fingerprint density at radius 1 is 1.29 bits per heavy atom. The van der Waals surface area contributed by atoms with E-state index >= 15 is 0 Å². The number of carbonyl (C=O) groups excluding carboxylic acids is 1. The Morgan fingerprint density at radius 2 is 2.06 bits per heavy atom. The topological polar surface area (TPSA) is 81.5 Å². The molecule has 4 rings (SSSR count). The van der Waals surface area contributed by atoms with E-state index in [1.165, 1.54) is 24.4 Å². The molecule has 2 fully saturated rings. The number of carbonyl (C=O) groups is 1. The number of rotatable bonds is 9. The van der Waals surface area contributed by atoms with Gasteiger partial charge in [-0.25, -0.2) is 17.8 Å². The highest BCUT2D eigenvalue weighted by atomic mass is 32.2. The molecule has 1 aliphatic heterocycles. The Kier molecular flexibility index (Phi) is 6.43. The first-order valence-electron chi connectivity index (χ1n) is 10.8. The number of benzene rings is 1. The van der Waals surface area contributed by atoms with Crippen molar-refractivity contribution in [3.63, 3.8) is 0 Å². The van der Waals surface area contributed by atoms with Crippen molar-refractivity contribution in [2.75, 3.05) is 13.2 Å². The summed E-state index contributed by atoms with van der Waals surface area (Å²) < 4.78 is 47.9. The fraction of sp³-hybridized carbons (Fsp3) is 0.545. The standard InChI is InChI=1S/C22H28FN3O4S/c1-2-25(21(27)16-9-10-16)13-18-12-24-22(26(18)14-19-7-5-11-30-19)31(28,29)15-17-6-3-4-8-20(17)23/h3-4,6,8,12,16,19H,2,5,7,9-11,13-15H2,1H3/t19-/m0/s1. The maximum absolute atomic E-state index is 14.1. The molecule has 9 heteroatoms. The van der Waals surface area contributed by atoms with Gasteiger partial charge in [0.15, 0.2) is 0 Å². The first kappa shape index (κ1) is 22.0. The molecule has 7 nitrogen and oxygen atoms in total. The summed E-state index contributed by atoms with van der Waals surface area (Å²) >= 11 is 0. The first-order chi connectivity index (χ1) is 14.9. The van der Waals surface area contributed by atoms with E-state index in [1.54, 1.807) is 15.5 Å². The van der Waals surface area contributed by atoms with Crippen molar-refractivity contribution in [1.82, 2.24) is 14.5 Å². The van der Waals surface area contributed by atoms with Crippen LogP contribution in [0, 0.1) is 11.7 Å². The number of sulfone groups is 1. The monoisotopic (exact) mass is 449 g/mol. The van der Waals surface area contributed by atoms with Crippen LogP contribution in [0.15, 0.2) is 35.6 Å². The van der Waals surface area contributed by atoms with Crippen molar-refractivity contribution < 1.29 is 22.3 Å². The normalized spacial score (nSPS) is 19.0. The largest absolute Gasteiger partial charge is 0.376 e. The Labute approximate surface area is 182 Å². The second-order valence-electron chi connectivity index (χ2n) is 8.25.